The third kappa shape index (κ3) is 3.10. The monoisotopic (exact) mass is 322 g/mol. The van der Waals surface area contributed by atoms with E-state index in [4.69, 9.17) is 0 Å². The molecule has 6 nitrogen and oxygen atoms in total. The van der Waals surface area contributed by atoms with Gasteiger partial charge in [-0.05, 0) is 24.1 Å². The molecule has 0 spiro atoms. The Morgan fingerprint density at radius 2 is 2.12 bits per heavy atom. The van der Waals surface area contributed by atoms with Gasteiger partial charge in [0.25, 0.3) is 0 Å². The Balaban J connectivity index is 1.35. The Bertz CT molecular complexity index is 788. The van der Waals surface area contributed by atoms with Crippen molar-refractivity contribution in [1.29, 1.82) is 0 Å². The Kier molecular flexibility index (Phi) is 4.13. The fraction of sp³-hybridized carbons (Fsp3) is 0.389. The van der Waals surface area contributed by atoms with Gasteiger partial charge in [-0.15, -0.1) is 0 Å². The molecule has 124 valence electrons. The Labute approximate surface area is 141 Å². The molecule has 0 radical (unpaired) electrons. The number of imidazole rings is 1. The standard InChI is InChI=1S/C18H22N6/c1-2-17-21-18-8-5-15(12-24(18)22-17)20-11-14-3-6-16(7-4-14)23-10-9-19-13-23/h3-4,6-7,9-10,13,15,20H,2,5,8,11-12H2,1H3. The van der Waals surface area contributed by atoms with E-state index in [1.165, 1.54) is 5.56 Å². The largest absolute Gasteiger partial charge is 0.308 e. The van der Waals surface area contributed by atoms with Gasteiger partial charge in [0.2, 0.25) is 0 Å². The second-order valence-electron chi connectivity index (χ2n) is 6.23. The van der Waals surface area contributed by atoms with Crippen molar-refractivity contribution in [2.45, 2.75) is 45.3 Å². The van der Waals surface area contributed by atoms with Crippen molar-refractivity contribution >= 4 is 0 Å². The van der Waals surface area contributed by atoms with E-state index in [0.717, 1.165) is 49.7 Å². The smallest absolute Gasteiger partial charge is 0.150 e. The van der Waals surface area contributed by atoms with Gasteiger partial charge < -0.3 is 9.88 Å². The summed E-state index contributed by atoms with van der Waals surface area (Å²) in [6.45, 7) is 3.89. The van der Waals surface area contributed by atoms with Crippen LogP contribution in [0.1, 0.15) is 30.6 Å². The zero-order chi connectivity index (χ0) is 16.4. The van der Waals surface area contributed by atoms with Crippen molar-refractivity contribution in [2.24, 2.45) is 0 Å². The van der Waals surface area contributed by atoms with Crippen LogP contribution in [0.5, 0.6) is 0 Å². The molecule has 3 heterocycles. The molecular formula is C18H22N6. The Morgan fingerprint density at radius 1 is 1.25 bits per heavy atom. The first-order valence-electron chi connectivity index (χ1n) is 8.55. The molecule has 3 aromatic rings. The third-order valence-electron chi connectivity index (χ3n) is 4.55. The van der Waals surface area contributed by atoms with Gasteiger partial charge in [-0.3, -0.25) is 0 Å². The Morgan fingerprint density at radius 3 is 2.88 bits per heavy atom. The fourth-order valence-corrected chi connectivity index (χ4v) is 3.14. The molecule has 1 unspecified atom stereocenters. The van der Waals surface area contributed by atoms with Gasteiger partial charge >= 0.3 is 0 Å². The minimum atomic E-state index is 0.456. The molecule has 1 atom stereocenters. The highest BCUT2D eigenvalue weighted by Gasteiger charge is 2.20. The molecule has 0 amide bonds. The van der Waals surface area contributed by atoms with Crippen LogP contribution in [0.4, 0.5) is 0 Å². The van der Waals surface area contributed by atoms with Crippen molar-refractivity contribution in [3.63, 3.8) is 0 Å². The van der Waals surface area contributed by atoms with E-state index < -0.39 is 0 Å². The van der Waals surface area contributed by atoms with Crippen LogP contribution in [-0.4, -0.2) is 30.4 Å². The Hall–Kier alpha value is -2.47. The minimum Gasteiger partial charge on any atom is -0.308 e. The molecule has 6 heteroatoms. The van der Waals surface area contributed by atoms with E-state index in [1.54, 1.807) is 6.20 Å². The van der Waals surface area contributed by atoms with Crippen LogP contribution in [-0.2, 0) is 25.9 Å². The van der Waals surface area contributed by atoms with Crippen molar-refractivity contribution in [2.75, 3.05) is 0 Å². The number of fused-ring (bicyclic) bond motifs is 1. The zero-order valence-electron chi connectivity index (χ0n) is 13.9. The molecule has 0 saturated heterocycles. The number of aromatic nitrogens is 5. The quantitative estimate of drug-likeness (QED) is 0.782. The highest BCUT2D eigenvalue weighted by atomic mass is 15.4. The van der Waals surface area contributed by atoms with Gasteiger partial charge in [-0.1, -0.05) is 19.1 Å². The van der Waals surface area contributed by atoms with Crippen LogP contribution in [0.25, 0.3) is 5.69 Å². The number of nitrogens with zero attached hydrogens (tertiary/aromatic N) is 5. The molecule has 2 aromatic heterocycles. The summed E-state index contributed by atoms with van der Waals surface area (Å²) in [5.74, 6) is 2.09. The third-order valence-corrected chi connectivity index (χ3v) is 4.55. The highest BCUT2D eigenvalue weighted by Crippen LogP contribution is 2.15. The number of aryl methyl sites for hydroxylation is 2. The summed E-state index contributed by atoms with van der Waals surface area (Å²) in [6, 6.07) is 9.05. The van der Waals surface area contributed by atoms with Gasteiger partial charge in [-0.25, -0.2) is 14.6 Å². The maximum atomic E-state index is 4.57. The van der Waals surface area contributed by atoms with Gasteiger partial charge in [0, 0.05) is 43.5 Å². The highest BCUT2D eigenvalue weighted by molar-refractivity contribution is 5.34. The zero-order valence-corrected chi connectivity index (χ0v) is 13.9. The lowest BCUT2D eigenvalue weighted by molar-refractivity contribution is 0.357. The SMILES string of the molecule is CCc1nc2n(n1)CC(NCc1ccc(-n3ccnc3)cc1)CC2. The first kappa shape index (κ1) is 15.1. The fourth-order valence-electron chi connectivity index (χ4n) is 3.14. The molecule has 0 fully saturated rings. The van der Waals surface area contributed by atoms with Crippen molar-refractivity contribution in [3.8, 4) is 5.69 Å². The van der Waals surface area contributed by atoms with E-state index >= 15 is 0 Å². The predicted molar refractivity (Wildman–Crippen MR) is 91.9 cm³/mol. The molecule has 4 rings (SSSR count). The van der Waals surface area contributed by atoms with E-state index in [2.05, 4.69) is 56.3 Å². The predicted octanol–water partition coefficient (Wildman–Crippen LogP) is 2.13. The maximum Gasteiger partial charge on any atom is 0.150 e. The summed E-state index contributed by atoms with van der Waals surface area (Å²) < 4.78 is 4.08. The molecule has 0 saturated carbocycles. The summed E-state index contributed by atoms with van der Waals surface area (Å²) in [6.07, 6.45) is 8.59. The number of hydrogen-bond acceptors (Lipinski definition) is 4. The van der Waals surface area contributed by atoms with Crippen LogP contribution in [0.15, 0.2) is 43.0 Å². The number of nitrogens with one attached hydrogen (secondary N) is 1. The normalized spacial score (nSPS) is 17.0. The number of hydrogen-bond donors (Lipinski definition) is 1. The van der Waals surface area contributed by atoms with Crippen LogP contribution < -0.4 is 5.32 Å². The van der Waals surface area contributed by atoms with Gasteiger partial charge in [-0.2, -0.15) is 5.10 Å². The van der Waals surface area contributed by atoms with E-state index in [0.29, 0.717) is 6.04 Å². The molecule has 0 aliphatic carbocycles. The second-order valence-corrected chi connectivity index (χ2v) is 6.23. The molecule has 1 N–H and O–H groups in total. The molecule has 0 bridgehead atoms. The van der Waals surface area contributed by atoms with Crippen LogP contribution >= 0.6 is 0 Å². The molecule has 24 heavy (non-hydrogen) atoms. The summed E-state index contributed by atoms with van der Waals surface area (Å²) in [4.78, 5) is 8.65. The van der Waals surface area contributed by atoms with Gasteiger partial charge in [0.15, 0.2) is 5.82 Å². The van der Waals surface area contributed by atoms with Crippen LogP contribution in [0, 0.1) is 0 Å². The average Bonchev–Trinajstić information content (AvgIpc) is 3.29. The topological polar surface area (TPSA) is 60.6 Å². The van der Waals surface area contributed by atoms with E-state index in [-0.39, 0.29) is 0 Å². The van der Waals surface area contributed by atoms with E-state index in [9.17, 15) is 0 Å². The lowest BCUT2D eigenvalue weighted by atomic mass is 10.1. The maximum absolute atomic E-state index is 4.57. The number of benzene rings is 1. The molecule has 1 aliphatic rings. The lowest BCUT2D eigenvalue weighted by Crippen LogP contribution is -2.37. The molecule has 1 aliphatic heterocycles. The summed E-state index contributed by atoms with van der Waals surface area (Å²) >= 11 is 0. The lowest BCUT2D eigenvalue weighted by Gasteiger charge is -2.23. The summed E-state index contributed by atoms with van der Waals surface area (Å²) in [7, 11) is 0. The van der Waals surface area contributed by atoms with Crippen molar-refractivity contribution in [3.05, 3.63) is 60.2 Å². The minimum absolute atomic E-state index is 0.456. The average molecular weight is 322 g/mol. The molecule has 1 aromatic carbocycles. The summed E-state index contributed by atoms with van der Waals surface area (Å²) in [5.41, 5.74) is 2.42. The number of rotatable bonds is 5. The first-order valence-corrected chi connectivity index (χ1v) is 8.55. The first-order chi connectivity index (χ1) is 11.8. The van der Waals surface area contributed by atoms with Crippen molar-refractivity contribution < 1.29 is 0 Å². The van der Waals surface area contributed by atoms with Gasteiger partial charge in [0.05, 0.1) is 12.9 Å². The second kappa shape index (κ2) is 6.57. The summed E-state index contributed by atoms with van der Waals surface area (Å²) in [5, 5.41) is 8.22. The van der Waals surface area contributed by atoms with Crippen LogP contribution in [0.2, 0.25) is 0 Å². The van der Waals surface area contributed by atoms with Crippen molar-refractivity contribution in [1.82, 2.24) is 29.6 Å². The van der Waals surface area contributed by atoms with Gasteiger partial charge in [0.1, 0.15) is 5.82 Å². The van der Waals surface area contributed by atoms with E-state index in [1.807, 2.05) is 17.1 Å². The van der Waals surface area contributed by atoms with Crippen LogP contribution in [0.3, 0.4) is 0 Å². The molecular weight excluding hydrogens is 300 g/mol.